The van der Waals surface area contributed by atoms with Crippen molar-refractivity contribution in [3.8, 4) is 16.5 Å². The first-order valence-corrected chi connectivity index (χ1v) is 9.65. The number of fused-ring (bicyclic) bond motifs is 1. The number of aromatic amines is 2. The van der Waals surface area contributed by atoms with Crippen LogP contribution in [0, 0.1) is 0 Å². The summed E-state index contributed by atoms with van der Waals surface area (Å²) in [5.41, 5.74) is 6.87. The zero-order valence-electron chi connectivity index (χ0n) is 14.9. The number of H-pyrrole nitrogens is 2. The molecule has 11 heteroatoms. The molecule has 4 aromatic heterocycles. The molecule has 0 atom stereocenters. The predicted octanol–water partition coefficient (Wildman–Crippen LogP) is -0.111. The quantitative estimate of drug-likeness (QED) is 0.370. The third-order valence-electron chi connectivity index (χ3n) is 4.48. The van der Waals surface area contributed by atoms with Crippen LogP contribution < -0.4 is 22.1 Å². The number of nitrogens with one attached hydrogen (secondary N) is 2. The molecule has 0 saturated heterocycles. The van der Waals surface area contributed by atoms with E-state index < -0.39 is 11.6 Å². The minimum atomic E-state index is -0.513. The number of carbonyl (C=O) groups excluding carboxylic acids is 1. The van der Waals surface area contributed by atoms with Crippen molar-refractivity contribution < 1.29 is 9.90 Å². The van der Waals surface area contributed by atoms with Crippen molar-refractivity contribution in [1.29, 1.82) is 0 Å². The molecular formula is C18H15N7O3S. The van der Waals surface area contributed by atoms with Gasteiger partial charge in [0.2, 0.25) is 5.88 Å². The molecule has 0 aliphatic heterocycles. The molecule has 1 aliphatic carbocycles. The van der Waals surface area contributed by atoms with Gasteiger partial charge < -0.3 is 15.8 Å². The number of thiophene rings is 1. The largest absolute Gasteiger partial charge is 0.493 e. The van der Waals surface area contributed by atoms with Crippen molar-refractivity contribution in [2.75, 3.05) is 0 Å². The minimum absolute atomic E-state index is 0.227. The molecule has 0 radical (unpaired) electrons. The Balaban J connectivity index is 1.75. The van der Waals surface area contributed by atoms with Gasteiger partial charge in [0.25, 0.3) is 5.91 Å². The van der Waals surface area contributed by atoms with E-state index in [2.05, 4.69) is 20.1 Å². The molecule has 0 spiro atoms. The number of hydrogen-bond acceptors (Lipinski definition) is 7. The fraction of sp³-hybridized carbons (Fsp3) is 0.167. The van der Waals surface area contributed by atoms with Crippen LogP contribution in [-0.4, -0.2) is 41.6 Å². The first-order chi connectivity index (χ1) is 14.0. The summed E-state index contributed by atoms with van der Waals surface area (Å²) in [6, 6.07) is 5.55. The molecule has 5 rings (SSSR count). The lowest BCUT2D eigenvalue weighted by Gasteiger charge is -2.00. The van der Waals surface area contributed by atoms with E-state index in [1.165, 1.54) is 11.3 Å². The van der Waals surface area contributed by atoms with Gasteiger partial charge in [0.05, 0.1) is 27.7 Å². The summed E-state index contributed by atoms with van der Waals surface area (Å²) in [4.78, 5) is 38.2. The van der Waals surface area contributed by atoms with E-state index in [0.29, 0.717) is 26.9 Å². The maximum atomic E-state index is 11.4. The van der Waals surface area contributed by atoms with Gasteiger partial charge in [-0.05, 0) is 31.1 Å². The highest BCUT2D eigenvalue weighted by molar-refractivity contribution is 7.17. The SMILES string of the molecule is NC(=O)c1ccc(-c2cc(=NC3CC3)n3nc/c(=C/c4[nH]c(=O)[nH]c4O)c3n2)s1. The van der Waals surface area contributed by atoms with Crippen LogP contribution in [0.2, 0.25) is 0 Å². The number of aromatic hydroxyl groups is 1. The summed E-state index contributed by atoms with van der Waals surface area (Å²) in [5, 5.41) is 14.8. The van der Waals surface area contributed by atoms with Gasteiger partial charge in [-0.1, -0.05) is 0 Å². The van der Waals surface area contributed by atoms with Crippen LogP contribution in [0.5, 0.6) is 5.88 Å². The standard InChI is InChI=1S/C18H15N7O3S/c19-15(26)13-4-3-12(29-13)10-6-14(21-9-1-2-9)25-16(22-10)8(7-20-25)5-11-17(27)24-18(28)23-11/h3-7,9,27H,1-2H2,(H2,19,26)(H2,23,24,28)/b8-5-,21-14?. The number of aromatic nitrogens is 5. The number of rotatable bonds is 4. The third kappa shape index (κ3) is 3.21. The number of amides is 1. The van der Waals surface area contributed by atoms with E-state index in [1.54, 1.807) is 28.9 Å². The topological polar surface area (TPSA) is 155 Å². The second-order valence-corrected chi connectivity index (χ2v) is 7.79. The second kappa shape index (κ2) is 6.41. The van der Waals surface area contributed by atoms with E-state index in [1.807, 2.05) is 6.07 Å². The van der Waals surface area contributed by atoms with E-state index in [-0.39, 0.29) is 17.6 Å². The van der Waals surface area contributed by atoms with Crippen LogP contribution in [-0.2, 0) is 0 Å². The number of primary amides is 1. The molecule has 29 heavy (non-hydrogen) atoms. The number of imidazole rings is 1. The Labute approximate surface area is 166 Å². The minimum Gasteiger partial charge on any atom is -0.493 e. The zero-order chi connectivity index (χ0) is 20.1. The third-order valence-corrected chi connectivity index (χ3v) is 5.60. The van der Waals surface area contributed by atoms with Gasteiger partial charge >= 0.3 is 5.69 Å². The molecular weight excluding hydrogens is 394 g/mol. The summed E-state index contributed by atoms with van der Waals surface area (Å²) in [6.45, 7) is 0. The fourth-order valence-corrected chi connectivity index (χ4v) is 3.75. The Hall–Kier alpha value is -3.73. The van der Waals surface area contributed by atoms with Crippen LogP contribution in [0.4, 0.5) is 0 Å². The number of carbonyl (C=O) groups is 1. The Bertz CT molecular complexity index is 1440. The van der Waals surface area contributed by atoms with Gasteiger partial charge in [0, 0.05) is 11.3 Å². The zero-order valence-corrected chi connectivity index (χ0v) is 15.7. The molecule has 10 nitrogen and oxygen atoms in total. The Morgan fingerprint density at radius 3 is 2.86 bits per heavy atom. The van der Waals surface area contributed by atoms with Gasteiger partial charge in [-0.15, -0.1) is 11.3 Å². The second-order valence-electron chi connectivity index (χ2n) is 6.71. The van der Waals surface area contributed by atoms with Crippen LogP contribution in [0.25, 0.3) is 22.3 Å². The smallest absolute Gasteiger partial charge is 0.326 e. The Kier molecular flexibility index (Phi) is 3.84. The van der Waals surface area contributed by atoms with Crippen molar-refractivity contribution in [3.63, 3.8) is 0 Å². The van der Waals surface area contributed by atoms with Gasteiger partial charge in [0.1, 0.15) is 5.69 Å². The van der Waals surface area contributed by atoms with Crippen molar-refractivity contribution in [2.45, 2.75) is 18.9 Å². The molecule has 0 unspecified atom stereocenters. The maximum absolute atomic E-state index is 11.4. The molecule has 1 saturated carbocycles. The summed E-state index contributed by atoms with van der Waals surface area (Å²) in [6.07, 6.45) is 5.23. The average molecular weight is 409 g/mol. The predicted molar refractivity (Wildman–Crippen MR) is 105 cm³/mol. The summed E-state index contributed by atoms with van der Waals surface area (Å²) < 4.78 is 1.62. The Morgan fingerprint density at radius 2 is 2.21 bits per heavy atom. The highest BCUT2D eigenvalue weighted by atomic mass is 32.1. The van der Waals surface area contributed by atoms with Gasteiger partial charge in [-0.3, -0.25) is 14.8 Å². The van der Waals surface area contributed by atoms with Crippen molar-refractivity contribution in [1.82, 2.24) is 24.6 Å². The van der Waals surface area contributed by atoms with Crippen molar-refractivity contribution in [2.24, 2.45) is 10.7 Å². The lowest BCUT2D eigenvalue weighted by Crippen LogP contribution is -2.19. The number of nitrogens with two attached hydrogens (primary N) is 1. The molecule has 146 valence electrons. The van der Waals surface area contributed by atoms with E-state index in [0.717, 1.165) is 17.7 Å². The highest BCUT2D eigenvalue weighted by Crippen LogP contribution is 2.26. The molecule has 1 fully saturated rings. The van der Waals surface area contributed by atoms with Gasteiger partial charge in [-0.25, -0.2) is 9.78 Å². The fourth-order valence-electron chi connectivity index (χ4n) is 2.93. The highest BCUT2D eigenvalue weighted by Gasteiger charge is 2.20. The van der Waals surface area contributed by atoms with Crippen molar-refractivity contribution >= 4 is 29.0 Å². The van der Waals surface area contributed by atoms with E-state index in [4.69, 9.17) is 10.7 Å². The molecule has 4 heterocycles. The van der Waals surface area contributed by atoms with Gasteiger partial charge in [-0.2, -0.15) is 9.61 Å². The maximum Gasteiger partial charge on any atom is 0.326 e. The van der Waals surface area contributed by atoms with Crippen LogP contribution in [0.15, 0.2) is 34.2 Å². The normalized spacial score (nSPS) is 15.4. The summed E-state index contributed by atoms with van der Waals surface area (Å²) >= 11 is 1.25. The Morgan fingerprint density at radius 1 is 1.38 bits per heavy atom. The lowest BCUT2D eigenvalue weighted by atomic mass is 10.3. The van der Waals surface area contributed by atoms with Crippen LogP contribution in [0.3, 0.4) is 0 Å². The molecule has 5 N–H and O–H groups in total. The molecule has 1 amide bonds. The van der Waals surface area contributed by atoms with Gasteiger partial charge in [0.15, 0.2) is 11.1 Å². The summed E-state index contributed by atoms with van der Waals surface area (Å²) in [5.74, 6) is -0.756. The van der Waals surface area contributed by atoms with Crippen molar-refractivity contribution in [3.05, 3.63) is 56.2 Å². The molecule has 0 aromatic carbocycles. The molecule has 0 bridgehead atoms. The first-order valence-electron chi connectivity index (χ1n) is 8.83. The number of hydrogen-bond donors (Lipinski definition) is 4. The van der Waals surface area contributed by atoms with Crippen LogP contribution >= 0.6 is 11.3 Å². The van der Waals surface area contributed by atoms with E-state index in [9.17, 15) is 14.7 Å². The first kappa shape index (κ1) is 17.4. The summed E-state index contributed by atoms with van der Waals surface area (Å²) in [7, 11) is 0. The van der Waals surface area contributed by atoms with Crippen LogP contribution in [0.1, 0.15) is 28.2 Å². The number of nitrogens with zero attached hydrogens (tertiary/aromatic N) is 4. The average Bonchev–Trinajstić information content (AvgIpc) is 3.08. The monoisotopic (exact) mass is 409 g/mol. The molecule has 4 aromatic rings. The van der Waals surface area contributed by atoms with E-state index >= 15 is 0 Å². The lowest BCUT2D eigenvalue weighted by molar-refractivity contribution is 0.100. The molecule has 1 aliphatic rings.